The number of carbonyl (C=O) groups is 1. The minimum atomic E-state index is -0.0693. The second-order valence-corrected chi connectivity index (χ2v) is 7.07. The Morgan fingerprint density at radius 3 is 2.58 bits per heavy atom. The van der Waals surface area contributed by atoms with E-state index in [1.807, 2.05) is 62.4 Å². The topological polar surface area (TPSA) is 38.3 Å². The van der Waals surface area contributed by atoms with Crippen LogP contribution in [0.3, 0.4) is 0 Å². The lowest BCUT2D eigenvalue weighted by Gasteiger charge is -2.19. The number of carbonyl (C=O) groups excluding carboxylic acids is 1. The number of nitrogens with one attached hydrogen (secondary N) is 1. The minimum absolute atomic E-state index is 0.0693. The molecule has 4 heteroatoms. The van der Waals surface area contributed by atoms with E-state index in [1.165, 1.54) is 0 Å². The monoisotopic (exact) mass is 343 g/mol. The summed E-state index contributed by atoms with van der Waals surface area (Å²) < 4.78 is 5.25. The Morgan fingerprint density at radius 1 is 1.17 bits per heavy atom. The molecule has 1 N–H and O–H groups in total. The van der Waals surface area contributed by atoms with Crippen molar-refractivity contribution in [2.24, 2.45) is 0 Å². The lowest BCUT2D eigenvalue weighted by molar-refractivity contribution is -0.121. The first-order valence-corrected chi connectivity index (χ1v) is 9.15. The van der Waals surface area contributed by atoms with E-state index in [2.05, 4.69) is 11.4 Å². The zero-order valence-electron chi connectivity index (χ0n) is 14.5. The number of amides is 1. The molecule has 2 atom stereocenters. The van der Waals surface area contributed by atoms with Gasteiger partial charge in [0.05, 0.1) is 12.4 Å². The molecule has 1 amide bonds. The molecule has 0 bridgehead atoms. The Hall–Kier alpha value is -1.94. The maximum Gasteiger partial charge on any atom is 0.233 e. The molecule has 0 saturated carbocycles. The number of hydrogen-bond acceptors (Lipinski definition) is 3. The van der Waals surface area contributed by atoms with E-state index in [9.17, 15) is 4.79 Å². The van der Waals surface area contributed by atoms with Crippen molar-refractivity contribution in [3.05, 3.63) is 60.2 Å². The van der Waals surface area contributed by atoms with Crippen molar-refractivity contribution < 1.29 is 9.53 Å². The highest BCUT2D eigenvalue weighted by Crippen LogP contribution is 2.25. The number of hydrogen-bond donors (Lipinski definition) is 1. The van der Waals surface area contributed by atoms with Crippen LogP contribution in [0, 0.1) is 0 Å². The molecule has 24 heavy (non-hydrogen) atoms. The SMILES string of the molecule is CCC(Sc1ccccc1)C(=O)NC(C)Cc1cccc(OC)c1. The summed E-state index contributed by atoms with van der Waals surface area (Å²) in [6.45, 7) is 4.09. The van der Waals surface area contributed by atoms with Crippen LogP contribution in [0.25, 0.3) is 0 Å². The lowest BCUT2D eigenvalue weighted by atomic mass is 10.1. The molecule has 0 saturated heterocycles. The smallest absolute Gasteiger partial charge is 0.233 e. The van der Waals surface area contributed by atoms with Gasteiger partial charge in [-0.1, -0.05) is 37.3 Å². The zero-order valence-corrected chi connectivity index (χ0v) is 15.3. The second kappa shape index (κ2) is 9.38. The van der Waals surface area contributed by atoms with E-state index in [-0.39, 0.29) is 17.2 Å². The van der Waals surface area contributed by atoms with Gasteiger partial charge in [-0.05, 0) is 49.6 Å². The number of thioether (sulfide) groups is 1. The number of benzene rings is 2. The number of methoxy groups -OCH3 is 1. The van der Waals surface area contributed by atoms with Crippen molar-refractivity contribution in [2.45, 2.75) is 42.9 Å². The molecule has 0 aliphatic rings. The largest absolute Gasteiger partial charge is 0.497 e. The Labute approximate surface area is 148 Å². The van der Waals surface area contributed by atoms with E-state index in [0.29, 0.717) is 0 Å². The molecule has 0 aliphatic carbocycles. The van der Waals surface area contributed by atoms with Crippen LogP contribution in [-0.2, 0) is 11.2 Å². The third-order valence-corrected chi connectivity index (χ3v) is 5.13. The van der Waals surface area contributed by atoms with Crippen molar-refractivity contribution in [1.82, 2.24) is 5.32 Å². The van der Waals surface area contributed by atoms with Gasteiger partial charge >= 0.3 is 0 Å². The van der Waals surface area contributed by atoms with E-state index < -0.39 is 0 Å². The van der Waals surface area contributed by atoms with Gasteiger partial charge in [-0.15, -0.1) is 11.8 Å². The van der Waals surface area contributed by atoms with E-state index >= 15 is 0 Å². The highest BCUT2D eigenvalue weighted by molar-refractivity contribution is 8.00. The number of rotatable bonds is 8. The van der Waals surface area contributed by atoms with Gasteiger partial charge in [0, 0.05) is 10.9 Å². The quantitative estimate of drug-likeness (QED) is 0.726. The first kappa shape index (κ1) is 18.4. The molecule has 2 aromatic carbocycles. The predicted molar refractivity (Wildman–Crippen MR) is 101 cm³/mol. The average molecular weight is 343 g/mol. The third-order valence-electron chi connectivity index (χ3n) is 3.75. The van der Waals surface area contributed by atoms with Gasteiger partial charge in [-0.25, -0.2) is 0 Å². The van der Waals surface area contributed by atoms with E-state index in [4.69, 9.17) is 4.74 Å². The number of ether oxygens (including phenoxy) is 1. The highest BCUT2D eigenvalue weighted by Gasteiger charge is 2.19. The normalized spacial score (nSPS) is 13.1. The molecular formula is C20H25NO2S. The maximum absolute atomic E-state index is 12.5. The van der Waals surface area contributed by atoms with Gasteiger partial charge in [0.2, 0.25) is 5.91 Å². The van der Waals surface area contributed by atoms with Crippen LogP contribution in [0.4, 0.5) is 0 Å². The standard InChI is InChI=1S/C20H25NO2S/c1-4-19(24-18-11-6-5-7-12-18)20(22)21-15(2)13-16-9-8-10-17(14-16)23-3/h5-12,14-15,19H,4,13H2,1-3H3,(H,21,22). The molecule has 2 unspecified atom stereocenters. The van der Waals surface area contributed by atoms with E-state index in [0.717, 1.165) is 29.1 Å². The predicted octanol–water partition coefficient (Wildman–Crippen LogP) is 4.31. The van der Waals surface area contributed by atoms with Gasteiger partial charge in [0.25, 0.3) is 0 Å². The van der Waals surface area contributed by atoms with Crippen LogP contribution in [-0.4, -0.2) is 24.3 Å². The lowest BCUT2D eigenvalue weighted by Crippen LogP contribution is -2.39. The van der Waals surface area contributed by atoms with E-state index in [1.54, 1.807) is 18.9 Å². The Bertz CT molecular complexity index is 645. The highest BCUT2D eigenvalue weighted by atomic mass is 32.2. The fourth-order valence-electron chi connectivity index (χ4n) is 2.53. The Balaban J connectivity index is 1.91. The summed E-state index contributed by atoms with van der Waals surface area (Å²) in [5, 5.41) is 3.07. The van der Waals surface area contributed by atoms with Crippen LogP contribution in [0.2, 0.25) is 0 Å². The summed E-state index contributed by atoms with van der Waals surface area (Å²) in [7, 11) is 1.66. The molecule has 0 fully saturated rings. The maximum atomic E-state index is 12.5. The summed E-state index contributed by atoms with van der Waals surface area (Å²) in [4.78, 5) is 13.7. The second-order valence-electron chi connectivity index (χ2n) is 5.79. The molecule has 0 radical (unpaired) electrons. The van der Waals surface area contributed by atoms with Crippen LogP contribution in [0.15, 0.2) is 59.5 Å². The summed E-state index contributed by atoms with van der Waals surface area (Å²) >= 11 is 1.62. The summed E-state index contributed by atoms with van der Waals surface area (Å²) in [6, 6.07) is 18.1. The first-order valence-electron chi connectivity index (χ1n) is 8.27. The Kier molecular flexibility index (Phi) is 7.19. The van der Waals surface area contributed by atoms with Gasteiger partial charge in [0.15, 0.2) is 0 Å². The van der Waals surface area contributed by atoms with Gasteiger partial charge in [-0.2, -0.15) is 0 Å². The molecular weight excluding hydrogens is 318 g/mol. The Morgan fingerprint density at radius 2 is 1.92 bits per heavy atom. The van der Waals surface area contributed by atoms with Crippen molar-refractivity contribution in [1.29, 1.82) is 0 Å². The molecule has 0 spiro atoms. The molecule has 0 aromatic heterocycles. The molecule has 0 aliphatic heterocycles. The zero-order chi connectivity index (χ0) is 17.4. The summed E-state index contributed by atoms with van der Waals surface area (Å²) in [5.41, 5.74) is 1.16. The van der Waals surface area contributed by atoms with Crippen LogP contribution in [0.1, 0.15) is 25.8 Å². The fraction of sp³-hybridized carbons (Fsp3) is 0.350. The molecule has 128 valence electrons. The minimum Gasteiger partial charge on any atom is -0.497 e. The fourth-order valence-corrected chi connectivity index (χ4v) is 3.51. The van der Waals surface area contributed by atoms with Gasteiger partial charge in [-0.3, -0.25) is 4.79 Å². The van der Waals surface area contributed by atoms with Gasteiger partial charge in [0.1, 0.15) is 5.75 Å². The van der Waals surface area contributed by atoms with Gasteiger partial charge < -0.3 is 10.1 Å². The summed E-state index contributed by atoms with van der Waals surface area (Å²) in [5.74, 6) is 0.943. The molecule has 2 rings (SSSR count). The summed E-state index contributed by atoms with van der Waals surface area (Å²) in [6.07, 6.45) is 1.59. The van der Waals surface area contributed by atoms with Crippen LogP contribution < -0.4 is 10.1 Å². The first-order chi connectivity index (χ1) is 11.6. The van der Waals surface area contributed by atoms with Crippen LogP contribution in [0.5, 0.6) is 5.75 Å². The molecule has 2 aromatic rings. The average Bonchev–Trinajstić information content (AvgIpc) is 2.60. The van der Waals surface area contributed by atoms with Crippen molar-refractivity contribution in [3.63, 3.8) is 0 Å². The van der Waals surface area contributed by atoms with Crippen molar-refractivity contribution in [3.8, 4) is 5.75 Å². The van der Waals surface area contributed by atoms with Crippen molar-refractivity contribution >= 4 is 17.7 Å². The van der Waals surface area contributed by atoms with Crippen molar-refractivity contribution in [2.75, 3.05) is 7.11 Å². The third kappa shape index (κ3) is 5.60. The molecule has 0 heterocycles. The van der Waals surface area contributed by atoms with Crippen LogP contribution >= 0.6 is 11.8 Å². The molecule has 3 nitrogen and oxygen atoms in total.